The molecular weight excluding hydrogens is 254 g/mol. The minimum absolute atomic E-state index is 0.0184. The average Bonchev–Trinajstić information content (AvgIpc) is 3.25. The van der Waals surface area contributed by atoms with Crippen LogP contribution in [0.5, 0.6) is 0 Å². The molecular formula is C15H25N3O2. The molecule has 3 rings (SSSR count). The van der Waals surface area contributed by atoms with Crippen LogP contribution in [-0.2, 0) is 9.59 Å². The van der Waals surface area contributed by atoms with Gasteiger partial charge < -0.3 is 15.1 Å². The maximum absolute atomic E-state index is 12.4. The highest BCUT2D eigenvalue weighted by molar-refractivity contribution is 5.95. The fraction of sp³-hybridized carbons (Fsp3) is 0.867. The lowest BCUT2D eigenvalue weighted by atomic mass is 9.93. The zero-order valence-electron chi connectivity index (χ0n) is 12.3. The van der Waals surface area contributed by atoms with Crippen molar-refractivity contribution < 1.29 is 9.59 Å². The fourth-order valence-electron chi connectivity index (χ4n) is 3.36. The Kier molecular flexibility index (Phi) is 3.96. The van der Waals surface area contributed by atoms with E-state index in [2.05, 4.69) is 17.3 Å². The monoisotopic (exact) mass is 279 g/mol. The van der Waals surface area contributed by atoms with E-state index < -0.39 is 0 Å². The summed E-state index contributed by atoms with van der Waals surface area (Å²) in [7, 11) is 2.16. The Morgan fingerprint density at radius 1 is 1.15 bits per heavy atom. The van der Waals surface area contributed by atoms with Crippen LogP contribution >= 0.6 is 0 Å². The lowest BCUT2D eigenvalue weighted by Crippen LogP contribution is -2.59. The molecule has 1 unspecified atom stereocenters. The first-order valence-electron chi connectivity index (χ1n) is 7.90. The minimum atomic E-state index is -0.228. The van der Waals surface area contributed by atoms with Crippen LogP contribution in [0.25, 0.3) is 0 Å². The molecule has 1 saturated carbocycles. The van der Waals surface area contributed by atoms with Crippen LogP contribution in [0, 0.1) is 11.8 Å². The summed E-state index contributed by atoms with van der Waals surface area (Å²) < 4.78 is 0. The molecule has 0 aromatic carbocycles. The highest BCUT2D eigenvalue weighted by Gasteiger charge is 2.42. The van der Waals surface area contributed by atoms with E-state index >= 15 is 0 Å². The van der Waals surface area contributed by atoms with E-state index in [0.717, 1.165) is 38.9 Å². The first-order valence-corrected chi connectivity index (χ1v) is 7.90. The molecule has 2 amide bonds. The molecule has 5 nitrogen and oxygen atoms in total. The second-order valence-electron chi connectivity index (χ2n) is 6.68. The molecule has 2 heterocycles. The second-order valence-corrected chi connectivity index (χ2v) is 6.68. The molecule has 0 radical (unpaired) electrons. The zero-order valence-corrected chi connectivity index (χ0v) is 12.3. The summed E-state index contributed by atoms with van der Waals surface area (Å²) in [4.78, 5) is 28.3. The van der Waals surface area contributed by atoms with E-state index in [1.165, 1.54) is 12.8 Å². The molecule has 0 spiro atoms. The number of nitrogens with one attached hydrogen (secondary N) is 1. The number of piperidine rings is 1. The molecule has 1 N–H and O–H groups in total. The quantitative estimate of drug-likeness (QED) is 0.813. The van der Waals surface area contributed by atoms with Gasteiger partial charge >= 0.3 is 0 Å². The summed E-state index contributed by atoms with van der Waals surface area (Å²) in [6, 6.07) is -0.228. The van der Waals surface area contributed by atoms with Gasteiger partial charge in [0.25, 0.3) is 0 Å². The van der Waals surface area contributed by atoms with Gasteiger partial charge in [-0.3, -0.25) is 9.59 Å². The van der Waals surface area contributed by atoms with Gasteiger partial charge in [-0.2, -0.15) is 0 Å². The standard InChI is InChI=1S/C15H25N3O2/c1-17-7-4-11(5-8-17)6-9-18-10-13(19)16-14(15(18)20)12-2-3-12/h11-12,14H,2-10H2,1H3,(H,16,19). The lowest BCUT2D eigenvalue weighted by molar-refractivity contribution is -0.145. The van der Waals surface area contributed by atoms with E-state index in [1.807, 2.05) is 0 Å². The van der Waals surface area contributed by atoms with Crippen molar-refractivity contribution in [2.45, 2.75) is 38.1 Å². The number of likely N-dealkylation sites (tertiary alicyclic amines) is 1. The second kappa shape index (κ2) is 5.72. The molecule has 112 valence electrons. The Balaban J connectivity index is 1.50. The van der Waals surface area contributed by atoms with Crippen LogP contribution in [0.2, 0.25) is 0 Å². The molecule has 3 fully saturated rings. The van der Waals surface area contributed by atoms with Crippen molar-refractivity contribution in [1.29, 1.82) is 0 Å². The van der Waals surface area contributed by atoms with Crippen molar-refractivity contribution in [3.8, 4) is 0 Å². The topological polar surface area (TPSA) is 52.6 Å². The van der Waals surface area contributed by atoms with Crippen LogP contribution in [0.15, 0.2) is 0 Å². The largest absolute Gasteiger partial charge is 0.342 e. The van der Waals surface area contributed by atoms with Crippen molar-refractivity contribution in [2.24, 2.45) is 11.8 Å². The molecule has 0 aromatic heterocycles. The normalized spacial score (nSPS) is 29.6. The number of hydrogen-bond donors (Lipinski definition) is 1. The fourth-order valence-corrected chi connectivity index (χ4v) is 3.36. The van der Waals surface area contributed by atoms with Gasteiger partial charge in [0.1, 0.15) is 6.04 Å². The van der Waals surface area contributed by atoms with Gasteiger partial charge in [-0.25, -0.2) is 0 Å². The number of carbonyl (C=O) groups is 2. The van der Waals surface area contributed by atoms with Crippen LogP contribution in [-0.4, -0.2) is 60.9 Å². The zero-order chi connectivity index (χ0) is 14.1. The lowest BCUT2D eigenvalue weighted by Gasteiger charge is -2.35. The van der Waals surface area contributed by atoms with Gasteiger partial charge in [0.2, 0.25) is 11.8 Å². The molecule has 2 aliphatic heterocycles. The average molecular weight is 279 g/mol. The summed E-state index contributed by atoms with van der Waals surface area (Å²) in [5, 5.41) is 2.86. The number of piperazine rings is 1. The predicted molar refractivity (Wildman–Crippen MR) is 76.1 cm³/mol. The van der Waals surface area contributed by atoms with E-state index in [0.29, 0.717) is 11.8 Å². The predicted octanol–water partition coefficient (Wildman–Crippen LogP) is 0.455. The third-order valence-electron chi connectivity index (χ3n) is 4.97. The third-order valence-corrected chi connectivity index (χ3v) is 4.97. The summed E-state index contributed by atoms with van der Waals surface area (Å²) in [5.74, 6) is 1.28. The van der Waals surface area contributed by atoms with Crippen molar-refractivity contribution in [3.63, 3.8) is 0 Å². The number of nitrogens with zero attached hydrogens (tertiary/aromatic N) is 2. The van der Waals surface area contributed by atoms with E-state index in [1.54, 1.807) is 4.90 Å². The number of amides is 2. The maximum Gasteiger partial charge on any atom is 0.245 e. The molecule has 1 aliphatic carbocycles. The van der Waals surface area contributed by atoms with Crippen molar-refractivity contribution >= 4 is 11.8 Å². The van der Waals surface area contributed by atoms with E-state index in [4.69, 9.17) is 0 Å². The minimum Gasteiger partial charge on any atom is -0.342 e. The van der Waals surface area contributed by atoms with Crippen LogP contribution in [0.3, 0.4) is 0 Å². The summed E-state index contributed by atoms with van der Waals surface area (Å²) in [5.41, 5.74) is 0. The van der Waals surface area contributed by atoms with Gasteiger partial charge in [0.05, 0.1) is 6.54 Å². The number of rotatable bonds is 4. The maximum atomic E-state index is 12.4. The Labute approximate surface area is 120 Å². The van der Waals surface area contributed by atoms with Gasteiger partial charge in [0, 0.05) is 6.54 Å². The van der Waals surface area contributed by atoms with Crippen LogP contribution in [0.4, 0.5) is 0 Å². The van der Waals surface area contributed by atoms with E-state index in [9.17, 15) is 9.59 Å². The highest BCUT2D eigenvalue weighted by atomic mass is 16.2. The Bertz CT molecular complexity index is 387. The number of carbonyl (C=O) groups excluding carboxylic acids is 2. The van der Waals surface area contributed by atoms with Gasteiger partial charge in [0.15, 0.2) is 0 Å². The molecule has 20 heavy (non-hydrogen) atoms. The molecule has 0 aromatic rings. The molecule has 0 bridgehead atoms. The van der Waals surface area contributed by atoms with Gasteiger partial charge in [-0.15, -0.1) is 0 Å². The van der Waals surface area contributed by atoms with E-state index in [-0.39, 0.29) is 24.4 Å². The highest BCUT2D eigenvalue weighted by Crippen LogP contribution is 2.34. The third kappa shape index (κ3) is 3.14. The van der Waals surface area contributed by atoms with Gasteiger partial charge in [-0.1, -0.05) is 0 Å². The summed E-state index contributed by atoms with van der Waals surface area (Å²) in [6.45, 7) is 3.33. The Morgan fingerprint density at radius 3 is 2.50 bits per heavy atom. The molecule has 5 heteroatoms. The van der Waals surface area contributed by atoms with Crippen molar-refractivity contribution in [2.75, 3.05) is 33.2 Å². The first kappa shape index (κ1) is 13.9. The first-order chi connectivity index (χ1) is 9.63. The summed E-state index contributed by atoms with van der Waals surface area (Å²) >= 11 is 0. The SMILES string of the molecule is CN1CCC(CCN2CC(=O)NC(C3CC3)C2=O)CC1. The Hall–Kier alpha value is -1.10. The van der Waals surface area contributed by atoms with Gasteiger partial charge in [-0.05, 0) is 64.1 Å². The summed E-state index contributed by atoms with van der Waals surface area (Å²) in [6.07, 6.45) is 5.65. The smallest absolute Gasteiger partial charge is 0.245 e. The molecule has 2 saturated heterocycles. The van der Waals surface area contributed by atoms with Crippen molar-refractivity contribution in [1.82, 2.24) is 15.1 Å². The Morgan fingerprint density at radius 2 is 1.85 bits per heavy atom. The molecule has 1 atom stereocenters. The van der Waals surface area contributed by atoms with Crippen molar-refractivity contribution in [3.05, 3.63) is 0 Å². The van der Waals surface area contributed by atoms with Crippen LogP contribution < -0.4 is 5.32 Å². The van der Waals surface area contributed by atoms with Crippen LogP contribution in [0.1, 0.15) is 32.1 Å². The molecule has 3 aliphatic rings. The number of hydrogen-bond acceptors (Lipinski definition) is 3.